The van der Waals surface area contributed by atoms with E-state index < -0.39 is 10.1 Å². The number of nitrogens with zero attached hydrogens (tertiary/aromatic N) is 3. The van der Waals surface area contributed by atoms with Gasteiger partial charge in [-0.25, -0.2) is 9.98 Å². The van der Waals surface area contributed by atoms with Crippen molar-refractivity contribution in [1.29, 1.82) is 0 Å². The smallest absolute Gasteiger partial charge is 0.264 e. The number of hydrogen-bond donors (Lipinski definition) is 2. The lowest BCUT2D eigenvalue weighted by molar-refractivity contribution is 0.109. The van der Waals surface area contributed by atoms with E-state index in [2.05, 4.69) is 40.3 Å². The van der Waals surface area contributed by atoms with Crippen LogP contribution in [0.3, 0.4) is 0 Å². The van der Waals surface area contributed by atoms with E-state index in [4.69, 9.17) is 9.29 Å². The van der Waals surface area contributed by atoms with Gasteiger partial charge in [0, 0.05) is 19.6 Å². The topological polar surface area (TPSA) is 104 Å². The first-order chi connectivity index (χ1) is 10.8. The first kappa shape index (κ1) is 24.4. The zero-order valence-electron chi connectivity index (χ0n) is 14.8. The van der Waals surface area contributed by atoms with Crippen molar-refractivity contribution in [2.75, 3.05) is 65.8 Å². The predicted octanol–water partition coefficient (Wildman–Crippen LogP) is 0.632. The Morgan fingerprint density at radius 1 is 1.22 bits per heavy atom. The Bertz CT molecular complexity index is 391. The second-order valence-corrected chi connectivity index (χ2v) is 6.59. The van der Waals surface area contributed by atoms with E-state index in [1.807, 2.05) is 6.92 Å². The number of ether oxygens (including phenoxy) is 1. The summed E-state index contributed by atoms with van der Waals surface area (Å²) in [5.74, 6) is -0.201. The summed E-state index contributed by atoms with van der Waals surface area (Å²) in [6.45, 7) is 9.87. The van der Waals surface area contributed by atoms with E-state index in [1.54, 1.807) is 0 Å². The molecule has 1 aliphatic rings. The molecule has 1 heterocycles. The highest BCUT2D eigenvalue weighted by molar-refractivity contribution is 7.85. The van der Waals surface area contributed by atoms with Crippen LogP contribution in [0.4, 0.5) is 0 Å². The molecular weight excluding hydrogens is 320 g/mol. The Morgan fingerprint density at radius 2 is 1.78 bits per heavy atom. The fraction of sp³-hybridized carbons (Fsp3) is 0.929. The monoisotopic (exact) mass is 352 g/mol. The van der Waals surface area contributed by atoms with E-state index in [-0.39, 0.29) is 5.75 Å². The molecule has 0 saturated carbocycles. The second-order valence-electron chi connectivity index (χ2n) is 4.85. The number of aliphatic imine (C=N–C) groups is 2. The quantitative estimate of drug-likeness (QED) is 0.413. The molecule has 0 atom stereocenters. The molecule has 23 heavy (non-hydrogen) atoms. The summed E-state index contributed by atoms with van der Waals surface area (Å²) in [6.07, 6.45) is 1.08. The molecule has 0 aliphatic carbocycles. The van der Waals surface area contributed by atoms with E-state index >= 15 is 0 Å². The van der Waals surface area contributed by atoms with Gasteiger partial charge in [0.05, 0.1) is 31.5 Å². The Kier molecular flexibility index (Phi) is 18.6. The third-order valence-corrected chi connectivity index (χ3v) is 3.12. The summed E-state index contributed by atoms with van der Waals surface area (Å²) < 4.78 is 31.9. The number of rotatable bonds is 6. The normalized spacial score (nSPS) is 13.8. The maximum Gasteiger partial charge on any atom is 0.264 e. The largest absolute Gasteiger partial charge is 0.379 e. The summed E-state index contributed by atoms with van der Waals surface area (Å²) in [6, 6.07) is 2.64. The molecule has 8 nitrogen and oxygen atoms in total. The van der Waals surface area contributed by atoms with Crippen LogP contribution in [0, 0.1) is 0 Å². The Morgan fingerprint density at radius 3 is 2.09 bits per heavy atom. The standard InChI is InChI=1S/C8H17N3.C4H9NO.C2H6O3S/c1-4-9-8-10-6-5-7-11(2)3;1-3-6-4-2-5-1;1-2-6(3,4)5/h4-7H2,1-3H3;5H,1-4H2;2H2,1H3,(H,3,4,5). The highest BCUT2D eigenvalue weighted by Gasteiger charge is 1.93. The first-order valence-corrected chi connectivity index (χ1v) is 9.40. The lowest BCUT2D eigenvalue weighted by Crippen LogP contribution is -2.30. The van der Waals surface area contributed by atoms with Crippen molar-refractivity contribution >= 4 is 16.1 Å². The van der Waals surface area contributed by atoms with Crippen LogP contribution in [0.25, 0.3) is 0 Å². The fourth-order valence-electron chi connectivity index (χ4n) is 1.15. The molecule has 1 aliphatic heterocycles. The molecule has 0 radical (unpaired) electrons. The van der Waals surface area contributed by atoms with Crippen molar-refractivity contribution in [2.45, 2.75) is 20.3 Å². The summed E-state index contributed by atoms with van der Waals surface area (Å²) in [4.78, 5) is 9.99. The molecular formula is C14H32N4O4S. The highest BCUT2D eigenvalue weighted by Crippen LogP contribution is 1.82. The zero-order valence-corrected chi connectivity index (χ0v) is 15.6. The number of nitrogens with one attached hydrogen (secondary N) is 1. The van der Waals surface area contributed by atoms with Gasteiger partial charge in [-0.2, -0.15) is 8.42 Å². The molecule has 0 spiro atoms. The highest BCUT2D eigenvalue weighted by atomic mass is 32.2. The Labute approximate surface area is 140 Å². The third kappa shape index (κ3) is 29.8. The van der Waals surface area contributed by atoms with Crippen molar-refractivity contribution in [3.8, 4) is 0 Å². The maximum atomic E-state index is 9.56. The second kappa shape index (κ2) is 17.5. The van der Waals surface area contributed by atoms with Gasteiger partial charge in [-0.3, -0.25) is 4.55 Å². The van der Waals surface area contributed by atoms with Crippen LogP contribution in [-0.2, 0) is 14.9 Å². The van der Waals surface area contributed by atoms with Gasteiger partial charge in [0.25, 0.3) is 10.1 Å². The van der Waals surface area contributed by atoms with Crippen LogP contribution in [0.1, 0.15) is 20.3 Å². The molecule has 1 rings (SSSR count). The van der Waals surface area contributed by atoms with Crippen molar-refractivity contribution in [3.63, 3.8) is 0 Å². The molecule has 1 saturated heterocycles. The molecule has 0 aromatic heterocycles. The zero-order chi connectivity index (χ0) is 18.0. The van der Waals surface area contributed by atoms with Gasteiger partial charge in [0.1, 0.15) is 0 Å². The number of hydrogen-bond acceptors (Lipinski definition) is 7. The van der Waals surface area contributed by atoms with Crippen LogP contribution in [0.2, 0.25) is 0 Å². The SMILES string of the molecule is C1COCCN1.CCN=C=NCCCN(C)C.CCS(=O)(=O)O. The van der Waals surface area contributed by atoms with Gasteiger partial charge in [0.2, 0.25) is 0 Å². The van der Waals surface area contributed by atoms with Gasteiger partial charge in [-0.05, 0) is 40.9 Å². The molecule has 0 aromatic rings. The van der Waals surface area contributed by atoms with Crippen molar-refractivity contribution in [1.82, 2.24) is 10.2 Å². The summed E-state index contributed by atoms with van der Waals surface area (Å²) >= 11 is 0. The van der Waals surface area contributed by atoms with Gasteiger partial charge < -0.3 is 15.0 Å². The van der Waals surface area contributed by atoms with Gasteiger partial charge in [0.15, 0.2) is 0 Å². The average Bonchev–Trinajstić information content (AvgIpc) is 2.53. The molecule has 0 bridgehead atoms. The fourth-order valence-corrected chi connectivity index (χ4v) is 1.15. The van der Waals surface area contributed by atoms with Crippen LogP contribution in [0.5, 0.6) is 0 Å². The summed E-state index contributed by atoms with van der Waals surface area (Å²) in [7, 11) is 0.457. The minimum absolute atomic E-state index is 0.201. The number of morpholine rings is 1. The Balaban J connectivity index is 0. The van der Waals surface area contributed by atoms with E-state index in [0.29, 0.717) is 0 Å². The van der Waals surface area contributed by atoms with Gasteiger partial charge in [-0.15, -0.1) is 0 Å². The minimum atomic E-state index is -3.66. The molecule has 9 heteroatoms. The van der Waals surface area contributed by atoms with Crippen LogP contribution >= 0.6 is 0 Å². The first-order valence-electron chi connectivity index (χ1n) is 7.79. The molecule has 2 N–H and O–H groups in total. The lowest BCUT2D eigenvalue weighted by atomic mass is 10.4. The van der Waals surface area contributed by atoms with Crippen LogP contribution in [-0.4, -0.2) is 89.7 Å². The molecule has 138 valence electrons. The van der Waals surface area contributed by atoms with E-state index in [0.717, 1.165) is 52.4 Å². The minimum Gasteiger partial charge on any atom is -0.379 e. The van der Waals surface area contributed by atoms with Gasteiger partial charge in [-0.1, -0.05) is 0 Å². The summed E-state index contributed by atoms with van der Waals surface area (Å²) in [5, 5.41) is 3.16. The van der Waals surface area contributed by atoms with E-state index in [9.17, 15) is 8.42 Å². The molecule has 0 amide bonds. The van der Waals surface area contributed by atoms with Crippen LogP contribution < -0.4 is 5.32 Å². The summed E-state index contributed by atoms with van der Waals surface area (Å²) in [5.41, 5.74) is 0. The average molecular weight is 353 g/mol. The molecule has 0 unspecified atom stereocenters. The van der Waals surface area contributed by atoms with Crippen molar-refractivity contribution < 1.29 is 17.7 Å². The van der Waals surface area contributed by atoms with Crippen molar-refractivity contribution in [3.05, 3.63) is 0 Å². The van der Waals surface area contributed by atoms with E-state index in [1.165, 1.54) is 6.92 Å². The maximum absolute atomic E-state index is 9.56. The lowest BCUT2D eigenvalue weighted by Gasteiger charge is -2.10. The predicted molar refractivity (Wildman–Crippen MR) is 94.2 cm³/mol. The third-order valence-electron chi connectivity index (χ3n) is 2.39. The molecule has 1 fully saturated rings. The molecule has 0 aromatic carbocycles. The van der Waals surface area contributed by atoms with Crippen molar-refractivity contribution in [2.24, 2.45) is 9.98 Å². The van der Waals surface area contributed by atoms with Gasteiger partial charge >= 0.3 is 0 Å². The Hall–Kier alpha value is -0.830. The van der Waals surface area contributed by atoms with Crippen LogP contribution in [0.15, 0.2) is 9.98 Å².